The second-order valence-electron chi connectivity index (χ2n) is 3.41. The molecule has 58 valence electrons. The molecule has 1 saturated heterocycles. The number of hydrogen-bond acceptors (Lipinski definition) is 1. The van der Waals surface area contributed by atoms with Gasteiger partial charge in [0.25, 0.3) is 0 Å². The van der Waals surface area contributed by atoms with Crippen LogP contribution in [0.1, 0.15) is 26.7 Å². The van der Waals surface area contributed by atoms with Crippen LogP contribution >= 0.6 is 0 Å². The van der Waals surface area contributed by atoms with Gasteiger partial charge in [-0.25, -0.2) is 0 Å². The van der Waals surface area contributed by atoms with E-state index in [1.165, 1.54) is 0 Å². The first-order valence-corrected chi connectivity index (χ1v) is 3.98. The number of carbonyl (C=O) groups is 1. The summed E-state index contributed by atoms with van der Waals surface area (Å²) in [6.45, 7) is 5.20. The molecule has 2 nitrogen and oxygen atoms in total. The molecule has 1 atom stereocenters. The molecule has 1 aliphatic rings. The van der Waals surface area contributed by atoms with Crippen molar-refractivity contribution >= 4 is 5.91 Å². The highest BCUT2D eigenvalue weighted by molar-refractivity contribution is 5.80. The Hall–Kier alpha value is -0.530. The third-order valence-electron chi connectivity index (χ3n) is 1.92. The van der Waals surface area contributed by atoms with Crippen LogP contribution in [0.3, 0.4) is 0 Å². The number of rotatable bonds is 2. The molecule has 0 aliphatic carbocycles. The minimum Gasteiger partial charge on any atom is -0.356 e. The Kier molecular flexibility index (Phi) is 2.30. The highest BCUT2D eigenvalue weighted by Gasteiger charge is 2.24. The zero-order chi connectivity index (χ0) is 7.56. The van der Waals surface area contributed by atoms with Crippen molar-refractivity contribution in [3.63, 3.8) is 0 Å². The van der Waals surface area contributed by atoms with E-state index in [1.807, 2.05) is 0 Å². The summed E-state index contributed by atoms with van der Waals surface area (Å²) >= 11 is 0. The Balaban J connectivity index is 2.33. The van der Waals surface area contributed by atoms with Gasteiger partial charge in [-0.05, 0) is 18.8 Å². The maximum atomic E-state index is 11.0. The summed E-state index contributed by atoms with van der Waals surface area (Å²) in [6.07, 6.45) is 2.09. The minimum atomic E-state index is 0.258. The molecule has 1 aliphatic heterocycles. The van der Waals surface area contributed by atoms with E-state index >= 15 is 0 Å². The monoisotopic (exact) mass is 141 g/mol. The molecular formula is C8H15NO. The van der Waals surface area contributed by atoms with Gasteiger partial charge in [0.15, 0.2) is 0 Å². The molecule has 0 aromatic heterocycles. The topological polar surface area (TPSA) is 29.1 Å². The third-order valence-corrected chi connectivity index (χ3v) is 1.92. The van der Waals surface area contributed by atoms with Gasteiger partial charge in [-0.2, -0.15) is 0 Å². The Morgan fingerprint density at radius 1 is 1.70 bits per heavy atom. The smallest absolute Gasteiger partial charge is 0.223 e. The van der Waals surface area contributed by atoms with Gasteiger partial charge in [0, 0.05) is 12.5 Å². The van der Waals surface area contributed by atoms with Crippen molar-refractivity contribution < 1.29 is 4.79 Å². The molecule has 0 spiro atoms. The van der Waals surface area contributed by atoms with Crippen molar-refractivity contribution in [3.05, 3.63) is 0 Å². The summed E-state index contributed by atoms with van der Waals surface area (Å²) in [6, 6.07) is 0. The van der Waals surface area contributed by atoms with E-state index in [0.717, 1.165) is 19.4 Å². The molecule has 0 aromatic carbocycles. The molecule has 10 heavy (non-hydrogen) atoms. The average molecular weight is 141 g/mol. The molecule has 0 bridgehead atoms. The van der Waals surface area contributed by atoms with Crippen molar-refractivity contribution in [1.82, 2.24) is 5.32 Å². The number of carbonyl (C=O) groups excluding carboxylic acids is 1. The fraction of sp³-hybridized carbons (Fsp3) is 0.875. The Bertz CT molecular complexity index is 131. The van der Waals surface area contributed by atoms with Gasteiger partial charge in [-0.15, -0.1) is 0 Å². The van der Waals surface area contributed by atoms with Gasteiger partial charge < -0.3 is 5.32 Å². The minimum absolute atomic E-state index is 0.258. The lowest BCUT2D eigenvalue weighted by atomic mass is 9.96. The zero-order valence-electron chi connectivity index (χ0n) is 6.68. The largest absolute Gasteiger partial charge is 0.356 e. The van der Waals surface area contributed by atoms with Gasteiger partial charge in [-0.1, -0.05) is 13.8 Å². The van der Waals surface area contributed by atoms with E-state index < -0.39 is 0 Å². The summed E-state index contributed by atoms with van der Waals surface area (Å²) < 4.78 is 0. The van der Waals surface area contributed by atoms with Crippen molar-refractivity contribution in [2.75, 3.05) is 6.54 Å². The van der Waals surface area contributed by atoms with Crippen molar-refractivity contribution in [2.45, 2.75) is 26.7 Å². The lowest BCUT2D eigenvalue weighted by Crippen LogP contribution is -2.19. The fourth-order valence-corrected chi connectivity index (χ4v) is 1.44. The first-order valence-electron chi connectivity index (χ1n) is 3.98. The highest BCUT2D eigenvalue weighted by Crippen LogP contribution is 2.18. The van der Waals surface area contributed by atoms with Crippen molar-refractivity contribution in [1.29, 1.82) is 0 Å². The van der Waals surface area contributed by atoms with Crippen molar-refractivity contribution in [3.8, 4) is 0 Å². The number of nitrogens with one attached hydrogen (secondary N) is 1. The normalized spacial score (nSPS) is 25.5. The van der Waals surface area contributed by atoms with Gasteiger partial charge in [-0.3, -0.25) is 4.79 Å². The molecule has 0 unspecified atom stereocenters. The van der Waals surface area contributed by atoms with E-state index in [9.17, 15) is 4.79 Å². The quantitative estimate of drug-likeness (QED) is 0.614. The van der Waals surface area contributed by atoms with Crippen LogP contribution in [0.15, 0.2) is 0 Å². The predicted octanol–water partition coefficient (Wildman–Crippen LogP) is 1.17. The van der Waals surface area contributed by atoms with Gasteiger partial charge in [0.1, 0.15) is 0 Å². The van der Waals surface area contributed by atoms with Crippen LogP contribution in [-0.2, 0) is 4.79 Å². The third kappa shape index (κ3) is 1.72. The van der Waals surface area contributed by atoms with E-state index in [2.05, 4.69) is 19.2 Å². The molecule has 1 fully saturated rings. The predicted molar refractivity (Wildman–Crippen MR) is 40.6 cm³/mol. The lowest BCUT2D eigenvalue weighted by molar-refractivity contribution is -0.122. The Morgan fingerprint density at radius 2 is 2.40 bits per heavy atom. The molecule has 1 amide bonds. The maximum Gasteiger partial charge on any atom is 0.223 e. The molecule has 1 N–H and O–H groups in total. The van der Waals surface area contributed by atoms with Gasteiger partial charge in [0.2, 0.25) is 5.91 Å². The summed E-state index contributed by atoms with van der Waals surface area (Å²) in [5, 5.41) is 2.84. The van der Waals surface area contributed by atoms with E-state index in [1.54, 1.807) is 0 Å². The highest BCUT2D eigenvalue weighted by atomic mass is 16.2. The van der Waals surface area contributed by atoms with Crippen LogP contribution in [0, 0.1) is 11.8 Å². The molecule has 0 radical (unpaired) electrons. The number of amides is 1. The average Bonchev–Trinajstić information content (AvgIpc) is 2.15. The fourth-order valence-electron chi connectivity index (χ4n) is 1.44. The van der Waals surface area contributed by atoms with Gasteiger partial charge in [0.05, 0.1) is 0 Å². The van der Waals surface area contributed by atoms with Crippen LogP contribution < -0.4 is 5.32 Å². The molecule has 1 heterocycles. The molecule has 0 aromatic rings. The summed E-state index contributed by atoms with van der Waals surface area (Å²) in [5.41, 5.74) is 0. The second kappa shape index (κ2) is 3.04. The maximum absolute atomic E-state index is 11.0. The standard InChI is InChI=1S/C8H15NO/c1-6(2)5-7-3-4-9-8(7)10/h6-7H,3-5H2,1-2H3,(H,9,10)/t7-/m0/s1. The van der Waals surface area contributed by atoms with Crippen LogP contribution in [0.25, 0.3) is 0 Å². The van der Waals surface area contributed by atoms with Crippen molar-refractivity contribution in [2.24, 2.45) is 11.8 Å². The SMILES string of the molecule is CC(C)C[C@@H]1CCNC1=O. The second-order valence-corrected chi connectivity index (χ2v) is 3.41. The summed E-state index contributed by atoms with van der Waals surface area (Å²) in [7, 11) is 0. The van der Waals surface area contributed by atoms with E-state index in [4.69, 9.17) is 0 Å². The van der Waals surface area contributed by atoms with Gasteiger partial charge >= 0.3 is 0 Å². The number of hydrogen-bond donors (Lipinski definition) is 1. The first kappa shape index (κ1) is 7.58. The molecule has 0 saturated carbocycles. The van der Waals surface area contributed by atoms with E-state index in [0.29, 0.717) is 11.8 Å². The zero-order valence-corrected chi connectivity index (χ0v) is 6.68. The van der Waals surface area contributed by atoms with Crippen LogP contribution in [0.5, 0.6) is 0 Å². The van der Waals surface area contributed by atoms with Crippen LogP contribution in [0.4, 0.5) is 0 Å². The molecule has 1 rings (SSSR count). The molecule has 2 heteroatoms. The summed E-state index contributed by atoms with van der Waals surface area (Å²) in [5.74, 6) is 1.21. The van der Waals surface area contributed by atoms with Crippen LogP contribution in [-0.4, -0.2) is 12.5 Å². The lowest BCUT2D eigenvalue weighted by Gasteiger charge is -2.08. The Labute approximate surface area is 62.0 Å². The Morgan fingerprint density at radius 3 is 2.80 bits per heavy atom. The van der Waals surface area contributed by atoms with E-state index in [-0.39, 0.29) is 5.91 Å². The van der Waals surface area contributed by atoms with Crippen LogP contribution in [0.2, 0.25) is 0 Å². The molecular weight excluding hydrogens is 126 g/mol. The summed E-state index contributed by atoms with van der Waals surface area (Å²) in [4.78, 5) is 11.0. The first-order chi connectivity index (χ1) is 4.70.